The summed E-state index contributed by atoms with van der Waals surface area (Å²) in [5, 5.41) is 39.0. The van der Waals surface area contributed by atoms with Crippen molar-refractivity contribution in [3.05, 3.63) is 154 Å². The maximum atomic E-state index is 15.0. The van der Waals surface area contributed by atoms with E-state index in [1.807, 2.05) is 36.4 Å². The number of allylic oxidation sites excluding steroid dienone is 1. The van der Waals surface area contributed by atoms with Crippen LogP contribution < -0.4 is 19.5 Å². The topological polar surface area (TPSA) is 192 Å². The van der Waals surface area contributed by atoms with Crippen molar-refractivity contribution in [1.82, 2.24) is 10.2 Å². The van der Waals surface area contributed by atoms with E-state index in [-0.39, 0.29) is 68.4 Å². The second kappa shape index (κ2) is 22.7. The fourth-order valence-electron chi connectivity index (χ4n) is 9.64. The zero-order valence-corrected chi connectivity index (χ0v) is 37.5. The molecule has 1 heterocycles. The molecule has 0 aromatic heterocycles. The molecule has 354 valence electrons. The number of unbranched alkanes of at least 4 members (excludes halogenated alkanes) is 2. The standard InChI is InChI=1S/C51H57FN4O11/c1-3-28-63-51-46(55(32-34-16-18-37(52)19-17-34)50(60)66-39-22-20-38(21-23-39)56(61)62)31-44(54-64-33-35-12-6-5-7-13-35)42-29-36(14-8-10-26-57)41(15-9-11-27-58)47(48(42)51)43-30-40(24-25-45(43)67-51)65-49(59)53-4-2/h3,5-7,12-13,16-25,29-30,36,41,46-48,57-58H,1,4,8-11,14-15,26-28,31-33H2,2H3,(H,53,59)/t36-,41+,46-,47+,48+,51+/m0/s1. The monoisotopic (exact) mass is 920 g/mol. The van der Waals surface area contributed by atoms with Gasteiger partial charge >= 0.3 is 12.2 Å². The number of rotatable bonds is 21. The predicted molar refractivity (Wildman–Crippen MR) is 247 cm³/mol. The number of aliphatic hydroxyl groups excluding tert-OH is 2. The van der Waals surface area contributed by atoms with Gasteiger partial charge in [-0.2, -0.15) is 0 Å². The van der Waals surface area contributed by atoms with E-state index in [4.69, 9.17) is 28.9 Å². The summed E-state index contributed by atoms with van der Waals surface area (Å²) in [4.78, 5) is 46.4. The van der Waals surface area contributed by atoms with Crippen molar-refractivity contribution in [1.29, 1.82) is 0 Å². The molecule has 3 aliphatic rings. The van der Waals surface area contributed by atoms with E-state index in [1.165, 1.54) is 41.3 Å². The Morgan fingerprint density at radius 3 is 2.36 bits per heavy atom. The number of aliphatic hydroxyl groups is 2. The maximum absolute atomic E-state index is 15.0. The molecule has 0 unspecified atom stereocenters. The van der Waals surface area contributed by atoms with Crippen LogP contribution in [0.5, 0.6) is 17.2 Å². The minimum atomic E-state index is -1.70. The van der Waals surface area contributed by atoms with Gasteiger partial charge < -0.3 is 39.3 Å². The van der Waals surface area contributed by atoms with E-state index in [0.29, 0.717) is 55.7 Å². The summed E-state index contributed by atoms with van der Waals surface area (Å²) in [6.45, 7) is 6.16. The lowest BCUT2D eigenvalue weighted by atomic mass is 9.55. The Morgan fingerprint density at radius 1 is 0.955 bits per heavy atom. The second-order valence-corrected chi connectivity index (χ2v) is 16.8. The molecule has 1 fully saturated rings. The largest absolute Gasteiger partial charge is 0.459 e. The summed E-state index contributed by atoms with van der Waals surface area (Å²) in [6.07, 6.45) is 6.26. The normalized spacial score (nSPS) is 22.0. The molecule has 1 aliphatic heterocycles. The third kappa shape index (κ3) is 11.3. The Bertz CT molecular complexity index is 2400. The number of hydrogen-bond donors (Lipinski definition) is 3. The minimum Gasteiger partial charge on any atom is -0.459 e. The number of halogens is 1. The van der Waals surface area contributed by atoms with Gasteiger partial charge in [-0.25, -0.2) is 14.0 Å². The first-order valence-electron chi connectivity index (χ1n) is 22.8. The molecule has 1 saturated carbocycles. The van der Waals surface area contributed by atoms with E-state index in [9.17, 15) is 29.5 Å². The Kier molecular flexibility index (Phi) is 16.4. The van der Waals surface area contributed by atoms with E-state index in [2.05, 4.69) is 18.0 Å². The quantitative estimate of drug-likeness (QED) is 0.0312. The Hall–Kier alpha value is -6.62. The first-order valence-corrected chi connectivity index (χ1v) is 22.8. The molecule has 0 saturated heterocycles. The fourth-order valence-corrected chi connectivity index (χ4v) is 9.64. The molecule has 0 spiro atoms. The van der Waals surface area contributed by atoms with Crippen molar-refractivity contribution in [2.24, 2.45) is 22.9 Å². The van der Waals surface area contributed by atoms with Crippen LogP contribution in [-0.2, 0) is 22.7 Å². The van der Waals surface area contributed by atoms with E-state index < -0.39 is 46.6 Å². The number of non-ortho nitro benzene ring substituents is 1. The van der Waals surface area contributed by atoms with Gasteiger partial charge in [-0.1, -0.05) is 72.6 Å². The highest BCUT2D eigenvalue weighted by atomic mass is 19.1. The molecular weight excluding hydrogens is 864 g/mol. The molecule has 0 bridgehead atoms. The van der Waals surface area contributed by atoms with Crippen LogP contribution in [0.4, 0.5) is 19.7 Å². The summed E-state index contributed by atoms with van der Waals surface area (Å²) >= 11 is 0. The highest BCUT2D eigenvalue weighted by Crippen LogP contribution is 2.62. The lowest BCUT2D eigenvalue weighted by Crippen LogP contribution is -2.70. The molecule has 4 aromatic carbocycles. The van der Waals surface area contributed by atoms with Crippen molar-refractivity contribution in [3.8, 4) is 17.2 Å². The Labute approximate surface area is 389 Å². The summed E-state index contributed by atoms with van der Waals surface area (Å²) in [5.41, 5.74) is 3.27. The van der Waals surface area contributed by atoms with E-state index >= 15 is 4.79 Å². The summed E-state index contributed by atoms with van der Waals surface area (Å²) in [5.74, 6) is -2.78. The lowest BCUT2D eigenvalue weighted by molar-refractivity contribution is -0.384. The number of oxime groups is 1. The van der Waals surface area contributed by atoms with Crippen LogP contribution in [0.15, 0.2) is 127 Å². The average Bonchev–Trinajstić information content (AvgIpc) is 3.32. The van der Waals surface area contributed by atoms with Crippen molar-refractivity contribution in [2.45, 2.75) is 82.8 Å². The highest BCUT2D eigenvalue weighted by Gasteiger charge is 2.66. The van der Waals surface area contributed by atoms with Crippen LogP contribution in [-0.4, -0.2) is 76.1 Å². The van der Waals surface area contributed by atoms with Crippen molar-refractivity contribution >= 4 is 23.6 Å². The van der Waals surface area contributed by atoms with Gasteiger partial charge in [-0.3, -0.25) is 15.0 Å². The molecule has 7 rings (SSSR count). The molecule has 6 atom stereocenters. The summed E-state index contributed by atoms with van der Waals surface area (Å²) in [7, 11) is 0. The Morgan fingerprint density at radius 2 is 1.67 bits per heavy atom. The van der Waals surface area contributed by atoms with Gasteiger partial charge in [0.05, 0.1) is 23.2 Å². The van der Waals surface area contributed by atoms with Crippen LogP contribution >= 0.6 is 0 Å². The molecule has 16 heteroatoms. The fraction of sp³-hybridized carbons (Fsp3) is 0.392. The zero-order valence-electron chi connectivity index (χ0n) is 37.5. The highest BCUT2D eigenvalue weighted by molar-refractivity contribution is 6.03. The Balaban J connectivity index is 1.46. The number of hydrogen-bond acceptors (Lipinski definition) is 12. The number of ether oxygens (including phenoxy) is 4. The molecule has 67 heavy (non-hydrogen) atoms. The predicted octanol–water partition coefficient (Wildman–Crippen LogP) is 9.38. The molecule has 3 N–H and O–H groups in total. The average molecular weight is 921 g/mol. The molecule has 2 amide bonds. The number of nitrogens with one attached hydrogen (secondary N) is 1. The summed E-state index contributed by atoms with van der Waals surface area (Å²) < 4.78 is 40.5. The maximum Gasteiger partial charge on any atom is 0.416 e. The first kappa shape index (κ1) is 48.3. The van der Waals surface area contributed by atoms with Crippen molar-refractivity contribution in [2.75, 3.05) is 26.4 Å². The van der Waals surface area contributed by atoms with Gasteiger partial charge in [0.1, 0.15) is 35.7 Å². The lowest BCUT2D eigenvalue weighted by Gasteiger charge is -2.59. The third-order valence-electron chi connectivity index (χ3n) is 12.6. The van der Waals surface area contributed by atoms with Gasteiger partial charge in [-0.15, -0.1) is 6.58 Å². The minimum absolute atomic E-state index is 0.000540. The van der Waals surface area contributed by atoms with Crippen LogP contribution in [0.25, 0.3) is 0 Å². The summed E-state index contributed by atoms with van der Waals surface area (Å²) in [6, 6.07) is 24.5. The van der Waals surface area contributed by atoms with Crippen molar-refractivity contribution < 1.29 is 52.9 Å². The van der Waals surface area contributed by atoms with Crippen LogP contribution in [0.2, 0.25) is 0 Å². The van der Waals surface area contributed by atoms with Crippen molar-refractivity contribution in [3.63, 3.8) is 0 Å². The van der Waals surface area contributed by atoms with Crippen LogP contribution in [0.3, 0.4) is 0 Å². The number of carbonyl (C=O) groups is 2. The molecule has 15 nitrogen and oxygen atoms in total. The number of benzene rings is 4. The number of nitro benzene ring substituents is 1. The second-order valence-electron chi connectivity index (χ2n) is 16.8. The molecular formula is C51H57FN4O11. The van der Waals surface area contributed by atoms with Gasteiger partial charge in [0.2, 0.25) is 5.79 Å². The number of fused-ring (bicyclic) bond motifs is 2. The van der Waals surface area contributed by atoms with E-state index in [1.54, 1.807) is 37.3 Å². The van der Waals surface area contributed by atoms with Crippen LogP contribution in [0.1, 0.15) is 74.5 Å². The van der Waals surface area contributed by atoms with Gasteiger partial charge in [0, 0.05) is 56.3 Å². The number of amides is 2. The number of nitrogens with zero attached hydrogens (tertiary/aromatic N) is 3. The van der Waals surface area contributed by atoms with Crippen LogP contribution in [0, 0.1) is 33.7 Å². The smallest absolute Gasteiger partial charge is 0.416 e. The molecule has 0 radical (unpaired) electrons. The molecule has 4 aromatic rings. The van der Waals surface area contributed by atoms with Gasteiger partial charge in [-0.05, 0) is 104 Å². The van der Waals surface area contributed by atoms with Gasteiger partial charge in [0.15, 0.2) is 0 Å². The first-order chi connectivity index (χ1) is 32.6. The zero-order chi connectivity index (χ0) is 47.3. The molecule has 2 aliphatic carbocycles. The SMILES string of the molecule is C=CCO[C@@]12Oc3ccc(OC(=O)NCC)cc3[C@H]3[C@H](CCCCO)[C@@H](CCCCO)C=C(C(=NOCc4ccccc4)C[C@@H]1N(Cc1ccc(F)cc1)C(=O)Oc1ccc([N+](=O)[O-])cc1)[C@H]32. The van der Waals surface area contributed by atoms with E-state index in [0.717, 1.165) is 23.1 Å². The van der Waals surface area contributed by atoms with Gasteiger partial charge in [0.25, 0.3) is 5.69 Å². The third-order valence-corrected chi connectivity index (χ3v) is 12.6. The number of nitro groups is 1. The number of carbonyl (C=O) groups excluding carboxylic acids is 2.